The predicted molar refractivity (Wildman–Crippen MR) is 75.9 cm³/mol. The number of hydrogen-bond donors (Lipinski definition) is 1. The summed E-state index contributed by atoms with van der Waals surface area (Å²) in [6, 6.07) is 7.97. The van der Waals surface area contributed by atoms with Gasteiger partial charge in [-0.15, -0.1) is 11.8 Å². The van der Waals surface area contributed by atoms with Crippen molar-refractivity contribution in [1.82, 2.24) is 4.98 Å². The largest absolute Gasteiger partial charge is 0.399 e. The molecule has 0 radical (unpaired) electrons. The molecule has 0 bridgehead atoms. The van der Waals surface area contributed by atoms with Gasteiger partial charge in [0, 0.05) is 34.5 Å². The van der Waals surface area contributed by atoms with Crippen LogP contribution in [0.15, 0.2) is 35.4 Å². The maximum absolute atomic E-state index is 5.78. The summed E-state index contributed by atoms with van der Waals surface area (Å²) < 4.78 is 5.65. The number of hydrogen-bond acceptors (Lipinski definition) is 4. The fourth-order valence-corrected chi connectivity index (χ4v) is 3.34. The molecule has 1 fully saturated rings. The molecule has 1 aliphatic heterocycles. The Morgan fingerprint density at radius 2 is 2.33 bits per heavy atom. The van der Waals surface area contributed by atoms with Crippen LogP contribution in [0.2, 0.25) is 0 Å². The zero-order chi connectivity index (χ0) is 12.4. The number of aromatic nitrogens is 1. The normalized spacial score (nSPS) is 19.4. The number of anilines is 1. The summed E-state index contributed by atoms with van der Waals surface area (Å²) in [5, 5.41) is 1.18. The van der Waals surface area contributed by atoms with E-state index in [1.54, 1.807) is 0 Å². The Kier molecular flexibility index (Phi) is 3.39. The number of ether oxygens (including phenoxy) is 1. The van der Waals surface area contributed by atoms with Crippen LogP contribution in [-0.2, 0) is 4.74 Å². The Bertz CT molecular complexity index is 552. The van der Waals surface area contributed by atoms with Gasteiger partial charge in [0.1, 0.15) is 0 Å². The Morgan fingerprint density at radius 3 is 3.17 bits per heavy atom. The van der Waals surface area contributed by atoms with Crippen LogP contribution >= 0.6 is 11.8 Å². The number of nitrogens with zero attached hydrogens (tertiary/aromatic N) is 1. The molecule has 2 aromatic rings. The fraction of sp³-hybridized carbons (Fsp3) is 0.357. The van der Waals surface area contributed by atoms with E-state index in [1.165, 1.54) is 23.1 Å². The second-order valence-corrected chi connectivity index (χ2v) is 5.59. The first-order valence-electron chi connectivity index (χ1n) is 6.21. The third-order valence-electron chi connectivity index (χ3n) is 3.18. The summed E-state index contributed by atoms with van der Waals surface area (Å²) in [5.41, 5.74) is 7.51. The zero-order valence-electron chi connectivity index (χ0n) is 10.1. The minimum Gasteiger partial charge on any atom is -0.399 e. The average Bonchev–Trinajstić information content (AvgIpc) is 2.89. The minimum absolute atomic E-state index is 0.409. The number of rotatable bonds is 3. The molecule has 0 spiro atoms. The van der Waals surface area contributed by atoms with Crippen LogP contribution in [0, 0.1) is 0 Å². The standard InChI is InChI=1S/C14H16N2OS/c15-10-3-4-12-13(8-10)16-6-5-14(12)18-9-11-2-1-7-17-11/h3-6,8,11H,1-2,7,9,15H2. The fourth-order valence-electron chi connectivity index (χ4n) is 2.22. The van der Waals surface area contributed by atoms with Gasteiger partial charge >= 0.3 is 0 Å². The maximum atomic E-state index is 5.78. The van der Waals surface area contributed by atoms with Gasteiger partial charge in [0.25, 0.3) is 0 Å². The molecule has 1 atom stereocenters. The van der Waals surface area contributed by atoms with Crippen molar-refractivity contribution in [3.8, 4) is 0 Å². The molecule has 0 aliphatic carbocycles. The van der Waals surface area contributed by atoms with Gasteiger partial charge in [-0.25, -0.2) is 0 Å². The van der Waals surface area contributed by atoms with Crippen molar-refractivity contribution >= 4 is 28.4 Å². The molecule has 94 valence electrons. The highest BCUT2D eigenvalue weighted by Crippen LogP contribution is 2.30. The molecule has 2 heterocycles. The Balaban J connectivity index is 1.82. The van der Waals surface area contributed by atoms with E-state index in [4.69, 9.17) is 10.5 Å². The second kappa shape index (κ2) is 5.16. The highest BCUT2D eigenvalue weighted by molar-refractivity contribution is 7.99. The van der Waals surface area contributed by atoms with Crippen LogP contribution in [0.5, 0.6) is 0 Å². The smallest absolute Gasteiger partial charge is 0.0733 e. The molecular weight excluding hydrogens is 244 g/mol. The second-order valence-electron chi connectivity index (χ2n) is 4.53. The number of pyridine rings is 1. The first kappa shape index (κ1) is 11.8. The molecule has 1 aliphatic rings. The van der Waals surface area contributed by atoms with Gasteiger partial charge in [0.05, 0.1) is 11.6 Å². The molecule has 1 aromatic carbocycles. The van der Waals surface area contributed by atoms with Gasteiger partial charge in [-0.1, -0.05) is 0 Å². The van der Waals surface area contributed by atoms with Gasteiger partial charge in [-0.3, -0.25) is 4.98 Å². The average molecular weight is 260 g/mol. The van der Waals surface area contributed by atoms with Crippen LogP contribution < -0.4 is 5.73 Å². The summed E-state index contributed by atoms with van der Waals surface area (Å²) in [4.78, 5) is 5.62. The number of benzene rings is 1. The third kappa shape index (κ3) is 2.44. The van der Waals surface area contributed by atoms with E-state index in [-0.39, 0.29) is 0 Å². The lowest BCUT2D eigenvalue weighted by atomic mass is 10.2. The van der Waals surface area contributed by atoms with Crippen molar-refractivity contribution in [3.05, 3.63) is 30.5 Å². The van der Waals surface area contributed by atoms with Gasteiger partial charge in [-0.05, 0) is 37.1 Å². The molecule has 18 heavy (non-hydrogen) atoms. The molecule has 1 saturated heterocycles. The van der Waals surface area contributed by atoms with Crippen molar-refractivity contribution in [2.75, 3.05) is 18.1 Å². The topological polar surface area (TPSA) is 48.1 Å². The summed E-state index contributed by atoms with van der Waals surface area (Å²) in [7, 11) is 0. The molecular formula is C14H16N2OS. The molecule has 2 N–H and O–H groups in total. The molecule has 3 rings (SSSR count). The molecule has 3 nitrogen and oxygen atoms in total. The van der Waals surface area contributed by atoms with Gasteiger partial charge < -0.3 is 10.5 Å². The van der Waals surface area contributed by atoms with Crippen LogP contribution in [0.3, 0.4) is 0 Å². The molecule has 1 unspecified atom stereocenters. The summed E-state index contributed by atoms with van der Waals surface area (Å²) >= 11 is 1.85. The minimum atomic E-state index is 0.409. The van der Waals surface area contributed by atoms with E-state index < -0.39 is 0 Å². The van der Waals surface area contributed by atoms with Gasteiger partial charge in [0.15, 0.2) is 0 Å². The van der Waals surface area contributed by atoms with Crippen LogP contribution in [0.4, 0.5) is 5.69 Å². The molecule has 0 saturated carbocycles. The van der Waals surface area contributed by atoms with Crippen LogP contribution in [0.25, 0.3) is 10.9 Å². The highest BCUT2D eigenvalue weighted by atomic mass is 32.2. The van der Waals surface area contributed by atoms with Crippen LogP contribution in [-0.4, -0.2) is 23.4 Å². The van der Waals surface area contributed by atoms with Gasteiger partial charge in [-0.2, -0.15) is 0 Å². The lowest BCUT2D eigenvalue weighted by molar-refractivity contribution is 0.129. The zero-order valence-corrected chi connectivity index (χ0v) is 11.0. The number of nitrogen functional groups attached to an aromatic ring is 1. The van der Waals surface area contributed by atoms with E-state index in [0.717, 1.165) is 23.6 Å². The predicted octanol–water partition coefficient (Wildman–Crippen LogP) is 3.09. The first-order valence-corrected chi connectivity index (χ1v) is 7.20. The quantitative estimate of drug-likeness (QED) is 0.680. The SMILES string of the molecule is Nc1ccc2c(SCC3CCCO3)ccnc2c1. The van der Waals surface area contributed by atoms with Gasteiger partial charge in [0.2, 0.25) is 0 Å². The van der Waals surface area contributed by atoms with E-state index in [1.807, 2.05) is 30.1 Å². The first-order chi connectivity index (χ1) is 8.83. The molecule has 0 amide bonds. The van der Waals surface area contributed by atoms with Crippen molar-refractivity contribution in [2.24, 2.45) is 0 Å². The van der Waals surface area contributed by atoms with Crippen molar-refractivity contribution in [3.63, 3.8) is 0 Å². The summed E-state index contributed by atoms with van der Waals surface area (Å²) in [6.45, 7) is 0.916. The number of nitrogens with two attached hydrogens (primary N) is 1. The van der Waals surface area contributed by atoms with E-state index in [0.29, 0.717) is 6.10 Å². The lowest BCUT2D eigenvalue weighted by Gasteiger charge is -2.10. The maximum Gasteiger partial charge on any atom is 0.0733 e. The Hall–Kier alpha value is -1.26. The van der Waals surface area contributed by atoms with Crippen molar-refractivity contribution in [1.29, 1.82) is 0 Å². The van der Waals surface area contributed by atoms with Crippen LogP contribution in [0.1, 0.15) is 12.8 Å². The Labute approximate surface area is 111 Å². The number of thioether (sulfide) groups is 1. The van der Waals surface area contributed by atoms with E-state index >= 15 is 0 Å². The summed E-state index contributed by atoms with van der Waals surface area (Å²) in [6.07, 6.45) is 4.63. The molecule has 4 heteroatoms. The van der Waals surface area contributed by atoms with E-state index in [2.05, 4.69) is 17.1 Å². The highest BCUT2D eigenvalue weighted by Gasteiger charge is 2.16. The van der Waals surface area contributed by atoms with Crippen molar-refractivity contribution in [2.45, 2.75) is 23.8 Å². The Morgan fingerprint density at radius 1 is 1.39 bits per heavy atom. The third-order valence-corrected chi connectivity index (χ3v) is 4.38. The lowest BCUT2D eigenvalue weighted by Crippen LogP contribution is -2.07. The summed E-state index contributed by atoms with van der Waals surface area (Å²) in [5.74, 6) is 1.02. The molecule has 1 aromatic heterocycles. The van der Waals surface area contributed by atoms with Crippen molar-refractivity contribution < 1.29 is 4.74 Å². The monoisotopic (exact) mass is 260 g/mol. The van der Waals surface area contributed by atoms with E-state index in [9.17, 15) is 0 Å². The number of fused-ring (bicyclic) bond motifs is 1.